The van der Waals surface area contributed by atoms with Crippen molar-refractivity contribution in [3.63, 3.8) is 0 Å². The summed E-state index contributed by atoms with van der Waals surface area (Å²) in [5.41, 5.74) is 0.446. The average Bonchev–Trinajstić information content (AvgIpc) is 2.92. The molecule has 2 rings (SSSR count). The zero-order valence-corrected chi connectivity index (χ0v) is 13.6. The van der Waals surface area contributed by atoms with Crippen LogP contribution >= 0.6 is 11.8 Å². The predicted molar refractivity (Wildman–Crippen MR) is 79.8 cm³/mol. The quantitative estimate of drug-likeness (QED) is 0.794. The summed E-state index contributed by atoms with van der Waals surface area (Å²) in [4.78, 5) is 11.6. The highest BCUT2D eigenvalue weighted by molar-refractivity contribution is 7.99. The summed E-state index contributed by atoms with van der Waals surface area (Å²) in [6.07, 6.45) is -4.75. The van der Waals surface area contributed by atoms with Crippen molar-refractivity contribution in [2.45, 2.75) is 31.4 Å². The Hall–Kier alpha value is -2.30. The van der Waals surface area contributed by atoms with Gasteiger partial charge in [-0.15, -0.1) is 18.3 Å². The Labute approximate surface area is 139 Å². The van der Waals surface area contributed by atoms with Crippen LogP contribution < -0.4 is 10.1 Å². The summed E-state index contributed by atoms with van der Waals surface area (Å²) < 4.78 is 41.6. The van der Waals surface area contributed by atoms with Crippen molar-refractivity contribution in [3.8, 4) is 11.4 Å². The van der Waals surface area contributed by atoms with Gasteiger partial charge in [0.2, 0.25) is 11.1 Å². The van der Waals surface area contributed by atoms with Crippen molar-refractivity contribution in [2.24, 2.45) is 0 Å². The monoisotopic (exact) mass is 361 g/mol. The van der Waals surface area contributed by atoms with Crippen molar-refractivity contribution >= 4 is 17.7 Å². The number of nitrogens with zero attached hydrogens (tertiary/aromatic N) is 4. The van der Waals surface area contributed by atoms with E-state index >= 15 is 0 Å². The van der Waals surface area contributed by atoms with Gasteiger partial charge in [0.25, 0.3) is 0 Å². The number of thioether (sulfide) groups is 1. The molecule has 1 N–H and O–H groups in total. The molecule has 7 nitrogen and oxygen atoms in total. The highest BCUT2D eigenvalue weighted by Gasteiger charge is 2.31. The molecule has 0 unspecified atom stereocenters. The van der Waals surface area contributed by atoms with Gasteiger partial charge in [-0.25, -0.2) is 0 Å². The summed E-state index contributed by atoms with van der Waals surface area (Å²) in [6, 6.07) is 5.11. The van der Waals surface area contributed by atoms with E-state index < -0.39 is 6.36 Å². The molecule has 2 aromatic rings. The van der Waals surface area contributed by atoms with Crippen LogP contribution in [0.5, 0.6) is 5.75 Å². The second kappa shape index (κ2) is 7.51. The maximum atomic E-state index is 12.1. The Morgan fingerprint density at radius 1 is 1.33 bits per heavy atom. The van der Waals surface area contributed by atoms with Crippen LogP contribution in [-0.2, 0) is 4.79 Å². The van der Waals surface area contributed by atoms with E-state index in [2.05, 4.69) is 25.6 Å². The molecule has 0 spiro atoms. The van der Waals surface area contributed by atoms with Crippen LogP contribution in [0.3, 0.4) is 0 Å². The smallest absolute Gasteiger partial charge is 0.406 e. The molecule has 11 heteroatoms. The van der Waals surface area contributed by atoms with Crippen molar-refractivity contribution < 1.29 is 22.7 Å². The lowest BCUT2D eigenvalue weighted by Crippen LogP contribution is -2.31. The number of rotatable bonds is 6. The second-order valence-corrected chi connectivity index (χ2v) is 5.87. The molecule has 0 saturated carbocycles. The van der Waals surface area contributed by atoms with Gasteiger partial charge in [-0.3, -0.25) is 4.79 Å². The van der Waals surface area contributed by atoms with Gasteiger partial charge in [0, 0.05) is 6.04 Å². The SMILES string of the molecule is CC(C)NC(=O)CSc1nnnn1-c1ccc(OC(F)(F)F)cc1. The number of amides is 1. The number of tetrazole rings is 1. The van der Waals surface area contributed by atoms with Crippen LogP contribution in [-0.4, -0.2) is 44.3 Å². The van der Waals surface area contributed by atoms with E-state index in [9.17, 15) is 18.0 Å². The molecule has 1 amide bonds. The second-order valence-electron chi connectivity index (χ2n) is 4.93. The molecule has 0 aliphatic carbocycles. The first kappa shape index (κ1) is 18.0. The number of aromatic nitrogens is 4. The number of hydrogen-bond donors (Lipinski definition) is 1. The van der Waals surface area contributed by atoms with Gasteiger partial charge in [-0.2, -0.15) is 4.68 Å². The number of carbonyl (C=O) groups excluding carboxylic acids is 1. The summed E-state index contributed by atoms with van der Waals surface area (Å²) in [7, 11) is 0. The van der Waals surface area contributed by atoms with Gasteiger partial charge in [0.05, 0.1) is 11.4 Å². The van der Waals surface area contributed by atoms with Crippen LogP contribution in [0.25, 0.3) is 5.69 Å². The number of ether oxygens (including phenoxy) is 1. The molecule has 0 aliphatic heterocycles. The highest BCUT2D eigenvalue weighted by Crippen LogP contribution is 2.24. The van der Waals surface area contributed by atoms with E-state index in [1.807, 2.05) is 13.8 Å². The third kappa shape index (κ3) is 5.41. The van der Waals surface area contributed by atoms with E-state index in [-0.39, 0.29) is 23.5 Å². The third-order valence-corrected chi connectivity index (χ3v) is 3.46. The topological polar surface area (TPSA) is 81.9 Å². The van der Waals surface area contributed by atoms with Crippen LogP contribution in [0.4, 0.5) is 13.2 Å². The Morgan fingerprint density at radius 2 is 2.00 bits per heavy atom. The molecule has 1 aromatic heterocycles. The Morgan fingerprint density at radius 3 is 2.58 bits per heavy atom. The van der Waals surface area contributed by atoms with Crippen molar-refractivity contribution in [2.75, 3.05) is 5.75 Å². The van der Waals surface area contributed by atoms with Gasteiger partial charge in [-0.1, -0.05) is 11.8 Å². The van der Waals surface area contributed by atoms with Crippen LogP contribution in [0.1, 0.15) is 13.8 Å². The number of alkyl halides is 3. The van der Waals surface area contributed by atoms with Gasteiger partial charge in [0.15, 0.2) is 0 Å². The van der Waals surface area contributed by atoms with Crippen LogP contribution in [0, 0.1) is 0 Å². The molecule has 0 saturated heterocycles. The van der Waals surface area contributed by atoms with E-state index in [4.69, 9.17) is 0 Å². The lowest BCUT2D eigenvalue weighted by Gasteiger charge is -2.10. The molecule has 24 heavy (non-hydrogen) atoms. The van der Waals surface area contributed by atoms with Crippen molar-refractivity contribution in [3.05, 3.63) is 24.3 Å². The molecule has 0 atom stereocenters. The maximum absolute atomic E-state index is 12.1. The fourth-order valence-electron chi connectivity index (χ4n) is 1.71. The molecule has 130 valence electrons. The lowest BCUT2D eigenvalue weighted by atomic mass is 10.3. The summed E-state index contributed by atoms with van der Waals surface area (Å²) in [6.45, 7) is 3.69. The molecular formula is C13H14F3N5O2S. The molecule has 1 heterocycles. The largest absolute Gasteiger partial charge is 0.573 e. The summed E-state index contributed by atoms with van der Waals surface area (Å²) in [5.74, 6) is -0.392. The van der Waals surface area contributed by atoms with E-state index in [1.165, 1.54) is 16.8 Å². The predicted octanol–water partition coefficient (Wildman–Crippen LogP) is 2.18. The van der Waals surface area contributed by atoms with Crippen molar-refractivity contribution in [1.82, 2.24) is 25.5 Å². The Bertz CT molecular complexity index is 688. The minimum Gasteiger partial charge on any atom is -0.406 e. The van der Waals surface area contributed by atoms with Crippen LogP contribution in [0.2, 0.25) is 0 Å². The number of nitrogens with one attached hydrogen (secondary N) is 1. The maximum Gasteiger partial charge on any atom is 0.573 e. The lowest BCUT2D eigenvalue weighted by molar-refractivity contribution is -0.274. The molecule has 0 aliphatic rings. The fourth-order valence-corrected chi connectivity index (χ4v) is 2.42. The van der Waals surface area contributed by atoms with E-state index in [0.29, 0.717) is 10.8 Å². The first-order chi connectivity index (χ1) is 11.2. The molecular weight excluding hydrogens is 347 g/mol. The molecule has 0 radical (unpaired) electrons. The Kier molecular flexibility index (Phi) is 5.65. The van der Waals surface area contributed by atoms with E-state index in [0.717, 1.165) is 23.9 Å². The number of carbonyl (C=O) groups is 1. The summed E-state index contributed by atoms with van der Waals surface area (Å²) in [5, 5.41) is 14.2. The van der Waals surface area contributed by atoms with Crippen molar-refractivity contribution in [1.29, 1.82) is 0 Å². The first-order valence-electron chi connectivity index (χ1n) is 6.81. The molecule has 0 fully saturated rings. The third-order valence-electron chi connectivity index (χ3n) is 2.54. The highest BCUT2D eigenvalue weighted by atomic mass is 32.2. The van der Waals surface area contributed by atoms with Crippen LogP contribution in [0.15, 0.2) is 29.4 Å². The zero-order valence-electron chi connectivity index (χ0n) is 12.7. The summed E-state index contributed by atoms with van der Waals surface area (Å²) >= 11 is 1.12. The first-order valence-corrected chi connectivity index (χ1v) is 7.80. The van der Waals surface area contributed by atoms with Gasteiger partial charge in [-0.05, 0) is 48.5 Å². The van der Waals surface area contributed by atoms with E-state index in [1.54, 1.807) is 0 Å². The molecule has 1 aromatic carbocycles. The minimum absolute atomic E-state index is 0.0234. The number of halogens is 3. The zero-order chi connectivity index (χ0) is 17.7. The average molecular weight is 361 g/mol. The molecule has 0 bridgehead atoms. The van der Waals surface area contributed by atoms with Gasteiger partial charge < -0.3 is 10.1 Å². The van der Waals surface area contributed by atoms with Gasteiger partial charge >= 0.3 is 6.36 Å². The number of benzene rings is 1. The normalized spacial score (nSPS) is 11.6. The fraction of sp³-hybridized carbons (Fsp3) is 0.385. The minimum atomic E-state index is -4.75. The van der Waals surface area contributed by atoms with Gasteiger partial charge in [0.1, 0.15) is 5.75 Å². The Balaban J connectivity index is 2.05. The standard InChI is InChI=1S/C13H14F3N5O2S/c1-8(2)17-11(22)7-24-12-18-19-20-21(12)9-3-5-10(6-4-9)23-13(14,15)16/h3-6,8H,7H2,1-2H3,(H,17,22). The number of hydrogen-bond acceptors (Lipinski definition) is 6.